The van der Waals surface area contributed by atoms with Gasteiger partial charge in [-0.05, 0) is 29.8 Å². The number of halogens is 1. The molecule has 0 atom stereocenters. The number of nitrogens with zero attached hydrogens (tertiary/aromatic N) is 3. The summed E-state index contributed by atoms with van der Waals surface area (Å²) in [4.78, 5) is 17.7. The number of hydrogen-bond donors (Lipinski definition) is 2. The van der Waals surface area contributed by atoms with Gasteiger partial charge in [-0.3, -0.25) is 9.79 Å². The predicted octanol–water partition coefficient (Wildman–Crippen LogP) is 2.17. The highest BCUT2D eigenvalue weighted by molar-refractivity contribution is 14.0. The Kier molecular flexibility index (Phi) is 9.04. The molecule has 0 aliphatic rings. The van der Waals surface area contributed by atoms with Crippen molar-refractivity contribution in [3.8, 4) is 0 Å². The zero-order chi connectivity index (χ0) is 17.4. The molecule has 2 aromatic rings. The minimum absolute atomic E-state index is 0. The normalized spacial score (nSPS) is 10.8. The minimum atomic E-state index is 0. The number of guanidine groups is 1. The van der Waals surface area contributed by atoms with Crippen molar-refractivity contribution in [1.82, 2.24) is 20.1 Å². The summed E-state index contributed by atoms with van der Waals surface area (Å²) in [6.45, 7) is 2.33. The van der Waals surface area contributed by atoms with Gasteiger partial charge in [0.2, 0.25) is 0 Å². The monoisotopic (exact) mass is 455 g/mol. The van der Waals surface area contributed by atoms with Gasteiger partial charge in [-0.2, -0.15) is 0 Å². The van der Waals surface area contributed by atoms with Crippen LogP contribution in [0.3, 0.4) is 0 Å². The second-order valence-corrected chi connectivity index (χ2v) is 5.67. The lowest BCUT2D eigenvalue weighted by molar-refractivity contribution is 0.0827. The molecule has 0 radical (unpaired) electrons. The van der Waals surface area contributed by atoms with E-state index in [9.17, 15) is 4.79 Å². The van der Waals surface area contributed by atoms with Crippen LogP contribution in [0.2, 0.25) is 0 Å². The first-order chi connectivity index (χ1) is 11.6. The van der Waals surface area contributed by atoms with E-state index in [1.807, 2.05) is 48.8 Å². The van der Waals surface area contributed by atoms with Gasteiger partial charge in [0.05, 0.1) is 0 Å². The standard InChI is InChI=1S/C18H25N5O.HI/c1-19-18(20-10-13-23-11-4-5-12-23)21-14-15-6-8-16(9-7-15)17(24)22(2)3;/h4-9,11-12H,10,13-14H2,1-3H3,(H2,19,20,21);1H. The predicted molar refractivity (Wildman–Crippen MR) is 113 cm³/mol. The quantitative estimate of drug-likeness (QED) is 0.399. The largest absolute Gasteiger partial charge is 0.355 e. The highest BCUT2D eigenvalue weighted by Crippen LogP contribution is 2.06. The highest BCUT2D eigenvalue weighted by Gasteiger charge is 2.07. The van der Waals surface area contributed by atoms with E-state index in [2.05, 4.69) is 20.2 Å². The molecular formula is C18H26IN5O. The third-order valence-electron chi connectivity index (χ3n) is 3.62. The van der Waals surface area contributed by atoms with Gasteiger partial charge in [-0.25, -0.2) is 0 Å². The van der Waals surface area contributed by atoms with E-state index in [4.69, 9.17) is 0 Å². The van der Waals surface area contributed by atoms with Crippen LogP contribution in [0.15, 0.2) is 53.8 Å². The number of aromatic nitrogens is 1. The van der Waals surface area contributed by atoms with Gasteiger partial charge in [0.1, 0.15) is 0 Å². The molecule has 0 aliphatic carbocycles. The smallest absolute Gasteiger partial charge is 0.253 e. The number of benzene rings is 1. The highest BCUT2D eigenvalue weighted by atomic mass is 127. The molecule has 1 amide bonds. The maximum Gasteiger partial charge on any atom is 0.253 e. The Morgan fingerprint density at radius 3 is 2.32 bits per heavy atom. The van der Waals surface area contributed by atoms with Crippen molar-refractivity contribution in [3.05, 3.63) is 59.9 Å². The fraction of sp³-hybridized carbons (Fsp3) is 0.333. The molecule has 7 heteroatoms. The average Bonchev–Trinajstić information content (AvgIpc) is 3.11. The number of carbonyl (C=O) groups excluding carboxylic acids is 1. The summed E-state index contributed by atoms with van der Waals surface area (Å²) in [7, 11) is 5.26. The van der Waals surface area contributed by atoms with Gasteiger partial charge in [-0.1, -0.05) is 12.1 Å². The third-order valence-corrected chi connectivity index (χ3v) is 3.62. The molecule has 0 unspecified atom stereocenters. The van der Waals surface area contributed by atoms with Crippen molar-refractivity contribution in [2.75, 3.05) is 27.7 Å². The Morgan fingerprint density at radius 2 is 1.76 bits per heavy atom. The van der Waals surface area contributed by atoms with Gasteiger partial charge in [0.15, 0.2) is 5.96 Å². The van der Waals surface area contributed by atoms with Crippen LogP contribution in [0.25, 0.3) is 0 Å². The Labute approximate surface area is 166 Å². The first-order valence-corrected chi connectivity index (χ1v) is 7.96. The molecule has 0 fully saturated rings. The molecule has 25 heavy (non-hydrogen) atoms. The van der Waals surface area contributed by atoms with Crippen LogP contribution in [0.1, 0.15) is 15.9 Å². The van der Waals surface area contributed by atoms with Gasteiger partial charge in [0.25, 0.3) is 5.91 Å². The van der Waals surface area contributed by atoms with Crippen molar-refractivity contribution >= 4 is 35.8 Å². The van der Waals surface area contributed by atoms with E-state index in [-0.39, 0.29) is 29.9 Å². The second kappa shape index (κ2) is 10.8. The fourth-order valence-corrected chi connectivity index (χ4v) is 2.25. The zero-order valence-corrected chi connectivity index (χ0v) is 17.2. The van der Waals surface area contributed by atoms with E-state index < -0.39 is 0 Å². The Morgan fingerprint density at radius 1 is 1.12 bits per heavy atom. The van der Waals surface area contributed by atoms with Gasteiger partial charge in [0, 0.05) is 58.7 Å². The van der Waals surface area contributed by atoms with Gasteiger partial charge >= 0.3 is 0 Å². The number of rotatable bonds is 6. The molecule has 0 saturated heterocycles. The number of amides is 1. The summed E-state index contributed by atoms with van der Waals surface area (Å²) in [5, 5.41) is 6.55. The van der Waals surface area contributed by atoms with Gasteiger partial charge < -0.3 is 20.1 Å². The molecule has 1 aromatic heterocycles. The molecule has 1 heterocycles. The van der Waals surface area contributed by atoms with Gasteiger partial charge in [-0.15, -0.1) is 24.0 Å². The van der Waals surface area contributed by atoms with Crippen molar-refractivity contribution in [2.24, 2.45) is 4.99 Å². The zero-order valence-electron chi connectivity index (χ0n) is 14.9. The molecular weight excluding hydrogens is 429 g/mol. The molecule has 0 aliphatic heterocycles. The fourth-order valence-electron chi connectivity index (χ4n) is 2.25. The van der Waals surface area contributed by atoms with Crippen LogP contribution in [0.4, 0.5) is 0 Å². The molecule has 0 bridgehead atoms. The summed E-state index contributed by atoms with van der Waals surface area (Å²) in [6, 6.07) is 11.6. The Hall–Kier alpha value is -2.03. The molecule has 6 nitrogen and oxygen atoms in total. The van der Waals surface area contributed by atoms with Crippen LogP contribution in [0, 0.1) is 0 Å². The van der Waals surface area contributed by atoms with E-state index in [0.29, 0.717) is 12.1 Å². The van der Waals surface area contributed by atoms with Crippen LogP contribution < -0.4 is 10.6 Å². The Balaban J connectivity index is 0.00000312. The topological polar surface area (TPSA) is 61.7 Å². The number of hydrogen-bond acceptors (Lipinski definition) is 2. The maximum atomic E-state index is 11.9. The average molecular weight is 455 g/mol. The third kappa shape index (κ3) is 6.77. The summed E-state index contributed by atoms with van der Waals surface area (Å²) in [5.41, 5.74) is 1.79. The van der Waals surface area contributed by atoms with Crippen LogP contribution in [0.5, 0.6) is 0 Å². The number of carbonyl (C=O) groups is 1. The molecule has 0 spiro atoms. The molecule has 0 saturated carbocycles. The lowest BCUT2D eigenvalue weighted by atomic mass is 10.1. The van der Waals surface area contributed by atoms with E-state index in [1.54, 1.807) is 26.0 Å². The SMILES string of the molecule is CN=C(NCCn1cccc1)NCc1ccc(C(=O)N(C)C)cc1.I. The first kappa shape index (κ1) is 21.0. The first-order valence-electron chi connectivity index (χ1n) is 7.96. The number of aliphatic imine (C=N–C) groups is 1. The minimum Gasteiger partial charge on any atom is -0.355 e. The lowest BCUT2D eigenvalue weighted by Gasteiger charge is -2.13. The van der Waals surface area contributed by atoms with Crippen molar-refractivity contribution < 1.29 is 4.79 Å². The molecule has 1 aromatic carbocycles. The van der Waals surface area contributed by atoms with Crippen LogP contribution >= 0.6 is 24.0 Å². The second-order valence-electron chi connectivity index (χ2n) is 5.67. The van der Waals surface area contributed by atoms with Crippen LogP contribution in [-0.4, -0.2) is 49.0 Å². The summed E-state index contributed by atoms with van der Waals surface area (Å²) in [5.74, 6) is 0.771. The summed E-state index contributed by atoms with van der Waals surface area (Å²) < 4.78 is 2.11. The van der Waals surface area contributed by atoms with E-state index in [1.165, 1.54) is 0 Å². The number of nitrogens with one attached hydrogen (secondary N) is 2. The van der Waals surface area contributed by atoms with E-state index in [0.717, 1.165) is 24.6 Å². The van der Waals surface area contributed by atoms with Crippen molar-refractivity contribution in [1.29, 1.82) is 0 Å². The Bertz CT molecular complexity index is 665. The molecule has 2 rings (SSSR count). The van der Waals surface area contributed by atoms with Crippen molar-refractivity contribution in [2.45, 2.75) is 13.1 Å². The summed E-state index contributed by atoms with van der Waals surface area (Å²) in [6.07, 6.45) is 4.07. The lowest BCUT2D eigenvalue weighted by Crippen LogP contribution is -2.38. The van der Waals surface area contributed by atoms with Crippen LogP contribution in [-0.2, 0) is 13.1 Å². The van der Waals surface area contributed by atoms with Crippen molar-refractivity contribution in [3.63, 3.8) is 0 Å². The molecule has 2 N–H and O–H groups in total. The maximum absolute atomic E-state index is 11.9. The summed E-state index contributed by atoms with van der Waals surface area (Å²) >= 11 is 0. The molecule has 136 valence electrons. The van der Waals surface area contributed by atoms with E-state index >= 15 is 0 Å².